The number of carbonyl (C=O) groups is 2. The lowest BCUT2D eigenvalue weighted by molar-refractivity contribution is -0.139. The van der Waals surface area contributed by atoms with Crippen LogP contribution in [0.5, 0.6) is 11.5 Å². The van der Waals surface area contributed by atoms with E-state index in [2.05, 4.69) is 26.5 Å². The van der Waals surface area contributed by atoms with Gasteiger partial charge in [-0.2, -0.15) is 5.10 Å². The third-order valence-corrected chi connectivity index (χ3v) is 4.14. The quantitative estimate of drug-likeness (QED) is 0.467. The smallest absolute Gasteiger partial charge is 0.341 e. The Balaban J connectivity index is 2.15. The highest BCUT2D eigenvalue weighted by atomic mass is 79.9. The Kier molecular flexibility index (Phi) is 7.63. The van der Waals surface area contributed by atoms with E-state index in [1.807, 2.05) is 0 Å². The number of benzene rings is 2. The highest BCUT2D eigenvalue weighted by Crippen LogP contribution is 2.36. The molecular formula is C18H16BrClN2O5. The largest absolute Gasteiger partial charge is 0.490 e. The summed E-state index contributed by atoms with van der Waals surface area (Å²) in [6.07, 6.45) is 1.39. The number of aliphatic carboxylic acids is 1. The summed E-state index contributed by atoms with van der Waals surface area (Å²) in [7, 11) is 0. The fourth-order valence-corrected chi connectivity index (χ4v) is 2.81. The van der Waals surface area contributed by atoms with Gasteiger partial charge in [-0.05, 0) is 52.7 Å². The second-order valence-electron chi connectivity index (χ2n) is 5.12. The molecule has 2 aromatic rings. The minimum atomic E-state index is -1.13. The predicted octanol–water partition coefficient (Wildman–Crippen LogP) is 3.73. The van der Waals surface area contributed by atoms with Gasteiger partial charge < -0.3 is 14.6 Å². The van der Waals surface area contributed by atoms with Crippen LogP contribution < -0.4 is 14.9 Å². The topological polar surface area (TPSA) is 97.2 Å². The molecule has 27 heavy (non-hydrogen) atoms. The maximum absolute atomic E-state index is 12.1. The summed E-state index contributed by atoms with van der Waals surface area (Å²) in [5, 5.41) is 12.8. The zero-order chi connectivity index (χ0) is 19.8. The van der Waals surface area contributed by atoms with Crippen LogP contribution in [0.3, 0.4) is 0 Å². The molecule has 0 spiro atoms. The molecule has 0 radical (unpaired) electrons. The van der Waals surface area contributed by atoms with E-state index in [0.717, 1.165) is 0 Å². The number of nitrogens with one attached hydrogen (secondary N) is 1. The number of halogens is 2. The number of ether oxygens (including phenoxy) is 2. The minimum Gasteiger partial charge on any atom is -0.490 e. The normalized spacial score (nSPS) is 10.6. The van der Waals surface area contributed by atoms with Crippen LogP contribution in [0.25, 0.3) is 0 Å². The van der Waals surface area contributed by atoms with Gasteiger partial charge in [-0.3, -0.25) is 4.79 Å². The Labute approximate surface area is 169 Å². The average Bonchev–Trinajstić information content (AvgIpc) is 2.61. The van der Waals surface area contributed by atoms with E-state index >= 15 is 0 Å². The van der Waals surface area contributed by atoms with Crippen molar-refractivity contribution < 1.29 is 24.2 Å². The van der Waals surface area contributed by atoms with Crippen molar-refractivity contribution in [3.8, 4) is 11.5 Å². The molecular weight excluding hydrogens is 440 g/mol. The first-order chi connectivity index (χ1) is 12.9. The van der Waals surface area contributed by atoms with Crippen molar-refractivity contribution in [1.29, 1.82) is 0 Å². The number of carbonyl (C=O) groups excluding carboxylic acids is 1. The fourth-order valence-electron chi connectivity index (χ4n) is 2.07. The zero-order valence-corrected chi connectivity index (χ0v) is 16.6. The molecule has 0 fully saturated rings. The Hall–Kier alpha value is -2.58. The van der Waals surface area contributed by atoms with Crippen molar-refractivity contribution in [2.75, 3.05) is 13.2 Å². The summed E-state index contributed by atoms with van der Waals surface area (Å²) >= 11 is 9.46. The molecule has 142 valence electrons. The van der Waals surface area contributed by atoms with Gasteiger partial charge in [0, 0.05) is 4.47 Å². The van der Waals surface area contributed by atoms with E-state index < -0.39 is 12.6 Å². The summed E-state index contributed by atoms with van der Waals surface area (Å²) < 4.78 is 11.3. The van der Waals surface area contributed by atoms with Crippen LogP contribution in [0.4, 0.5) is 0 Å². The molecule has 2 aromatic carbocycles. The fraction of sp³-hybridized carbons (Fsp3) is 0.167. The number of rotatable bonds is 8. The first-order valence-corrected chi connectivity index (χ1v) is 8.98. The van der Waals surface area contributed by atoms with Crippen LogP contribution in [0.15, 0.2) is 46.0 Å². The average molecular weight is 456 g/mol. The van der Waals surface area contributed by atoms with E-state index in [0.29, 0.717) is 22.2 Å². The first-order valence-electron chi connectivity index (χ1n) is 7.81. The second kappa shape index (κ2) is 9.94. The van der Waals surface area contributed by atoms with Crippen LogP contribution in [-0.4, -0.2) is 36.4 Å². The molecule has 0 aliphatic carbocycles. The standard InChI is InChI=1S/C18H16BrClN2O5/c1-2-26-15-8-11(7-14(20)17(15)27-10-16(23)24)9-21-22-18(25)12-5-3-4-6-13(12)19/h3-9H,2,10H2,1H3,(H,22,25)(H,23,24)/b21-9+. The van der Waals surface area contributed by atoms with E-state index in [1.54, 1.807) is 37.3 Å². The number of hydrogen-bond acceptors (Lipinski definition) is 5. The van der Waals surface area contributed by atoms with Crippen molar-refractivity contribution in [2.45, 2.75) is 6.92 Å². The van der Waals surface area contributed by atoms with Gasteiger partial charge in [0.2, 0.25) is 0 Å². The van der Waals surface area contributed by atoms with Gasteiger partial charge in [0.05, 0.1) is 23.4 Å². The number of hydrogen-bond donors (Lipinski definition) is 2. The van der Waals surface area contributed by atoms with Gasteiger partial charge >= 0.3 is 5.97 Å². The monoisotopic (exact) mass is 454 g/mol. The molecule has 0 aliphatic heterocycles. The van der Waals surface area contributed by atoms with Crippen molar-refractivity contribution >= 4 is 45.6 Å². The lowest BCUT2D eigenvalue weighted by atomic mass is 10.2. The number of hydrazone groups is 1. The van der Waals surface area contributed by atoms with Crippen LogP contribution >= 0.6 is 27.5 Å². The van der Waals surface area contributed by atoms with Crippen LogP contribution in [0.1, 0.15) is 22.8 Å². The van der Waals surface area contributed by atoms with E-state index in [4.69, 9.17) is 26.2 Å². The van der Waals surface area contributed by atoms with Crippen LogP contribution in [0, 0.1) is 0 Å². The molecule has 7 nitrogen and oxygen atoms in total. The summed E-state index contributed by atoms with van der Waals surface area (Å²) in [5.74, 6) is -1.09. The number of carboxylic acid groups (broad SMARTS) is 1. The molecule has 0 saturated carbocycles. The Morgan fingerprint density at radius 2 is 2.04 bits per heavy atom. The highest BCUT2D eigenvalue weighted by Gasteiger charge is 2.14. The highest BCUT2D eigenvalue weighted by molar-refractivity contribution is 9.10. The zero-order valence-electron chi connectivity index (χ0n) is 14.2. The maximum Gasteiger partial charge on any atom is 0.341 e. The third kappa shape index (κ3) is 5.97. The molecule has 2 rings (SSSR count). The molecule has 0 heterocycles. The number of carboxylic acids is 1. The second-order valence-corrected chi connectivity index (χ2v) is 6.39. The number of amides is 1. The lowest BCUT2D eigenvalue weighted by Gasteiger charge is -2.13. The summed E-state index contributed by atoms with van der Waals surface area (Å²) in [5.41, 5.74) is 3.41. The van der Waals surface area contributed by atoms with Gasteiger partial charge in [0.1, 0.15) is 0 Å². The van der Waals surface area contributed by atoms with Gasteiger partial charge in [0.15, 0.2) is 18.1 Å². The molecule has 0 saturated heterocycles. The third-order valence-electron chi connectivity index (χ3n) is 3.17. The molecule has 2 N–H and O–H groups in total. The van der Waals surface area contributed by atoms with E-state index in [-0.39, 0.29) is 22.4 Å². The van der Waals surface area contributed by atoms with Crippen molar-refractivity contribution in [3.05, 3.63) is 57.0 Å². The molecule has 0 aromatic heterocycles. The first kappa shape index (κ1) is 20.7. The molecule has 9 heteroatoms. The summed E-state index contributed by atoms with van der Waals surface area (Å²) in [6.45, 7) is 1.56. The van der Waals surface area contributed by atoms with Gasteiger partial charge in [-0.25, -0.2) is 10.2 Å². The van der Waals surface area contributed by atoms with Crippen LogP contribution in [-0.2, 0) is 4.79 Å². The number of nitrogens with zero attached hydrogens (tertiary/aromatic N) is 1. The molecule has 0 bridgehead atoms. The van der Waals surface area contributed by atoms with Crippen molar-refractivity contribution in [1.82, 2.24) is 5.43 Å². The lowest BCUT2D eigenvalue weighted by Crippen LogP contribution is -2.18. The van der Waals surface area contributed by atoms with Crippen molar-refractivity contribution in [2.24, 2.45) is 5.10 Å². The SMILES string of the molecule is CCOc1cc(/C=N/NC(=O)c2ccccc2Br)cc(Cl)c1OCC(=O)O. The summed E-state index contributed by atoms with van der Waals surface area (Å²) in [4.78, 5) is 22.8. The van der Waals surface area contributed by atoms with Crippen molar-refractivity contribution in [3.63, 3.8) is 0 Å². The van der Waals surface area contributed by atoms with E-state index in [9.17, 15) is 9.59 Å². The Morgan fingerprint density at radius 1 is 1.30 bits per heavy atom. The van der Waals surface area contributed by atoms with Gasteiger partial charge in [0.25, 0.3) is 5.91 Å². The molecule has 0 atom stereocenters. The molecule has 0 aliphatic rings. The van der Waals surface area contributed by atoms with Crippen LogP contribution in [0.2, 0.25) is 5.02 Å². The molecule has 1 amide bonds. The Bertz CT molecular complexity index is 873. The maximum atomic E-state index is 12.1. The summed E-state index contributed by atoms with van der Waals surface area (Å²) in [6, 6.07) is 10.1. The minimum absolute atomic E-state index is 0.135. The van der Waals surface area contributed by atoms with E-state index in [1.165, 1.54) is 12.3 Å². The Morgan fingerprint density at radius 3 is 2.70 bits per heavy atom. The molecule has 0 unspecified atom stereocenters. The predicted molar refractivity (Wildman–Crippen MR) is 105 cm³/mol. The van der Waals surface area contributed by atoms with Gasteiger partial charge in [-0.1, -0.05) is 23.7 Å². The van der Waals surface area contributed by atoms with Gasteiger partial charge in [-0.15, -0.1) is 0 Å².